The topological polar surface area (TPSA) is 30.7 Å². The van der Waals surface area contributed by atoms with E-state index in [1.807, 2.05) is 30.3 Å². The molecular weight excluding hydrogens is 297 g/mol. The van der Waals surface area contributed by atoms with Crippen LogP contribution in [0.5, 0.6) is 0 Å². The predicted octanol–water partition coefficient (Wildman–Crippen LogP) is 4.56. The van der Waals surface area contributed by atoms with Crippen molar-refractivity contribution in [3.63, 3.8) is 0 Å². The van der Waals surface area contributed by atoms with Crippen LogP contribution in [0.1, 0.15) is 56.2 Å². The van der Waals surface area contributed by atoms with Gasteiger partial charge in [0.25, 0.3) is 0 Å². The second-order valence-electron chi connectivity index (χ2n) is 6.47. The molecule has 0 spiro atoms. The molecule has 2 aliphatic rings. The van der Waals surface area contributed by atoms with Crippen LogP contribution < -0.4 is 0 Å². The number of fused-ring (bicyclic) bond motifs is 1. The maximum absolute atomic E-state index is 14.3. The molecule has 1 fully saturated rings. The molecule has 1 aliphatic heterocycles. The Morgan fingerprint density at radius 1 is 1.32 bits per heavy atom. The highest BCUT2D eigenvalue weighted by atomic mass is 32.2. The predicted molar refractivity (Wildman–Crippen MR) is 85.8 cm³/mol. The van der Waals surface area contributed by atoms with Gasteiger partial charge in [0, 0.05) is 12.2 Å². The fourth-order valence-electron chi connectivity index (χ4n) is 3.17. The molecule has 1 aliphatic carbocycles. The zero-order chi connectivity index (χ0) is 15.2. The Balaban J connectivity index is 1.55. The van der Waals surface area contributed by atoms with E-state index < -0.39 is 6.17 Å². The van der Waals surface area contributed by atoms with E-state index in [1.54, 1.807) is 16.4 Å². The van der Waals surface area contributed by atoms with Crippen LogP contribution in [0.4, 0.5) is 4.39 Å². The van der Waals surface area contributed by atoms with Gasteiger partial charge in [-0.15, -0.1) is 5.10 Å². The minimum absolute atomic E-state index is 0.0193. The van der Waals surface area contributed by atoms with Crippen molar-refractivity contribution >= 4 is 11.8 Å². The van der Waals surface area contributed by atoms with Crippen LogP contribution in [0.15, 0.2) is 35.5 Å². The molecule has 0 saturated heterocycles. The number of nitrogens with zero attached hydrogens (tertiary/aromatic N) is 3. The molecule has 0 bridgehead atoms. The lowest BCUT2D eigenvalue weighted by Crippen LogP contribution is -2.07. The molecule has 1 saturated carbocycles. The summed E-state index contributed by atoms with van der Waals surface area (Å²) in [6, 6.07) is 10.0. The highest BCUT2D eigenvalue weighted by Gasteiger charge is 2.41. The Kier molecular flexibility index (Phi) is 3.48. The van der Waals surface area contributed by atoms with Crippen molar-refractivity contribution in [2.75, 3.05) is 5.75 Å². The average molecular weight is 317 g/mol. The van der Waals surface area contributed by atoms with Gasteiger partial charge in [-0.3, -0.25) is 0 Å². The number of rotatable bonds is 5. The lowest BCUT2D eigenvalue weighted by atomic mass is 10.0. The Hall–Kier alpha value is -1.36. The van der Waals surface area contributed by atoms with Gasteiger partial charge in [-0.25, -0.2) is 14.1 Å². The highest BCUT2D eigenvalue weighted by Crippen LogP contribution is 2.51. The van der Waals surface area contributed by atoms with Gasteiger partial charge in [-0.05, 0) is 30.2 Å². The Labute approximate surface area is 134 Å². The first-order valence-electron chi connectivity index (χ1n) is 7.99. The van der Waals surface area contributed by atoms with Crippen LogP contribution in [-0.4, -0.2) is 20.5 Å². The quantitative estimate of drug-likeness (QED) is 0.757. The van der Waals surface area contributed by atoms with E-state index in [0.29, 0.717) is 17.7 Å². The van der Waals surface area contributed by atoms with Crippen molar-refractivity contribution in [2.45, 2.75) is 50.0 Å². The monoisotopic (exact) mass is 317 g/mol. The molecule has 2 heterocycles. The number of benzene rings is 1. The molecule has 22 heavy (non-hydrogen) atoms. The Bertz CT molecular complexity index is 666. The minimum atomic E-state index is -1.01. The zero-order valence-corrected chi connectivity index (χ0v) is 13.5. The van der Waals surface area contributed by atoms with Crippen LogP contribution in [0.2, 0.25) is 0 Å². The summed E-state index contributed by atoms with van der Waals surface area (Å²) in [5.41, 5.74) is 1.60. The van der Waals surface area contributed by atoms with Crippen molar-refractivity contribution in [3.05, 3.63) is 41.7 Å². The van der Waals surface area contributed by atoms with E-state index in [1.165, 1.54) is 19.3 Å². The summed E-state index contributed by atoms with van der Waals surface area (Å²) in [6.07, 6.45) is 3.27. The van der Waals surface area contributed by atoms with E-state index in [0.717, 1.165) is 16.5 Å². The number of alkyl halides is 1. The van der Waals surface area contributed by atoms with Crippen LogP contribution >= 0.6 is 11.8 Å². The third kappa shape index (κ3) is 2.45. The fourth-order valence-corrected chi connectivity index (χ4v) is 4.40. The minimum Gasteiger partial charge on any atom is -0.239 e. The van der Waals surface area contributed by atoms with Gasteiger partial charge in [-0.1, -0.05) is 49.0 Å². The molecular formula is C17H20FN3S. The van der Waals surface area contributed by atoms with Crippen molar-refractivity contribution < 1.29 is 4.39 Å². The van der Waals surface area contributed by atoms with E-state index in [-0.39, 0.29) is 6.04 Å². The SMILES string of the molecule is CCC1(CSc2nc3n(n2)[C@H](c2ccccc2)C[C@@H]3F)CC1. The third-order valence-electron chi connectivity index (χ3n) is 5.04. The second kappa shape index (κ2) is 5.37. The molecule has 5 heteroatoms. The molecule has 0 N–H and O–H groups in total. The maximum atomic E-state index is 14.3. The highest BCUT2D eigenvalue weighted by molar-refractivity contribution is 7.99. The van der Waals surface area contributed by atoms with Crippen molar-refractivity contribution in [1.82, 2.24) is 14.8 Å². The lowest BCUT2D eigenvalue weighted by molar-refractivity contribution is 0.327. The summed E-state index contributed by atoms with van der Waals surface area (Å²) >= 11 is 1.69. The van der Waals surface area contributed by atoms with Crippen LogP contribution in [0.25, 0.3) is 0 Å². The maximum Gasteiger partial charge on any atom is 0.208 e. The molecule has 1 aromatic heterocycles. The fraction of sp³-hybridized carbons (Fsp3) is 0.529. The number of hydrogen-bond donors (Lipinski definition) is 0. The number of aromatic nitrogens is 3. The Morgan fingerprint density at radius 2 is 2.09 bits per heavy atom. The second-order valence-corrected chi connectivity index (χ2v) is 7.41. The van der Waals surface area contributed by atoms with Gasteiger partial charge in [0.2, 0.25) is 5.16 Å². The molecule has 3 nitrogen and oxygen atoms in total. The summed E-state index contributed by atoms with van der Waals surface area (Å²) < 4.78 is 16.1. The van der Waals surface area contributed by atoms with Gasteiger partial charge >= 0.3 is 0 Å². The first-order valence-corrected chi connectivity index (χ1v) is 8.98. The smallest absolute Gasteiger partial charge is 0.208 e. The van der Waals surface area contributed by atoms with Gasteiger partial charge < -0.3 is 0 Å². The molecule has 2 atom stereocenters. The van der Waals surface area contributed by atoms with Gasteiger partial charge in [-0.2, -0.15) is 0 Å². The molecule has 116 valence electrons. The van der Waals surface area contributed by atoms with Gasteiger partial charge in [0.1, 0.15) is 0 Å². The largest absolute Gasteiger partial charge is 0.239 e. The first-order chi connectivity index (χ1) is 10.7. The first kappa shape index (κ1) is 14.2. The molecule has 0 amide bonds. The van der Waals surface area contributed by atoms with Gasteiger partial charge in [0.15, 0.2) is 12.0 Å². The third-order valence-corrected chi connectivity index (χ3v) is 6.23. The summed E-state index contributed by atoms with van der Waals surface area (Å²) in [5, 5.41) is 5.33. The number of hydrogen-bond acceptors (Lipinski definition) is 3. The van der Waals surface area contributed by atoms with E-state index in [9.17, 15) is 4.39 Å². The van der Waals surface area contributed by atoms with Gasteiger partial charge in [0.05, 0.1) is 6.04 Å². The number of halogens is 1. The van der Waals surface area contributed by atoms with Crippen molar-refractivity contribution in [1.29, 1.82) is 0 Å². The van der Waals surface area contributed by atoms with E-state index in [4.69, 9.17) is 0 Å². The molecule has 0 unspecified atom stereocenters. The molecule has 4 rings (SSSR count). The zero-order valence-electron chi connectivity index (χ0n) is 12.7. The summed E-state index contributed by atoms with van der Waals surface area (Å²) in [6.45, 7) is 2.25. The molecule has 2 aromatic rings. The standard InChI is InChI=1S/C17H20FN3S/c1-2-17(8-9-17)11-22-16-19-15-13(18)10-14(21(15)20-16)12-6-4-3-5-7-12/h3-7,13-14H,2,8-11H2,1H3/t13-,14-/m0/s1. The van der Waals surface area contributed by atoms with E-state index >= 15 is 0 Å². The number of thioether (sulfide) groups is 1. The summed E-state index contributed by atoms with van der Waals surface area (Å²) in [7, 11) is 0. The summed E-state index contributed by atoms with van der Waals surface area (Å²) in [5.74, 6) is 1.55. The van der Waals surface area contributed by atoms with Crippen LogP contribution in [0.3, 0.4) is 0 Å². The molecule has 1 aromatic carbocycles. The average Bonchev–Trinajstić information content (AvgIpc) is 3.11. The van der Waals surface area contributed by atoms with Crippen LogP contribution in [0, 0.1) is 5.41 Å². The Morgan fingerprint density at radius 3 is 2.77 bits per heavy atom. The van der Waals surface area contributed by atoms with Crippen LogP contribution in [-0.2, 0) is 0 Å². The van der Waals surface area contributed by atoms with E-state index in [2.05, 4.69) is 17.0 Å². The van der Waals surface area contributed by atoms with Crippen molar-refractivity contribution in [3.8, 4) is 0 Å². The summed E-state index contributed by atoms with van der Waals surface area (Å²) in [4.78, 5) is 4.45. The molecule has 0 radical (unpaired) electrons. The normalized spacial score (nSPS) is 25.2. The van der Waals surface area contributed by atoms with Crippen molar-refractivity contribution in [2.24, 2.45) is 5.41 Å². The lowest BCUT2D eigenvalue weighted by Gasteiger charge is -2.12.